The quantitative estimate of drug-likeness (QED) is 0.395. The van der Waals surface area contributed by atoms with E-state index in [0.717, 1.165) is 24.0 Å². The fraction of sp³-hybridized carbons (Fsp3) is 0.619. The first-order valence-corrected chi connectivity index (χ1v) is 9.63. The number of aliphatic hydroxyl groups excluding tert-OH is 2. The molecule has 10 heteroatoms. The Labute approximate surface area is 183 Å². The molecule has 2 heterocycles. The van der Waals surface area contributed by atoms with Crippen molar-refractivity contribution >= 4 is 0 Å². The number of likely N-dealkylation sites (N-methyl/N-ethyl adjacent to an activating group) is 1. The molecule has 1 aromatic heterocycles. The molecule has 2 N–H and O–H groups in total. The van der Waals surface area contributed by atoms with Crippen molar-refractivity contribution in [3.8, 4) is 24.7 Å². The van der Waals surface area contributed by atoms with Crippen LogP contribution in [0.4, 0.5) is 0 Å². The standard InChI is InChI=1S/C15H25N3O5.2C3H4O/c1-16(2)10-12-4-5-14(23-12)17-7-6-13(19)18(15(17)20)11-22-9-8-21-3;2*1-2-3-4/h6-7,12,14H,4-5,8-11H2,1-3H3;2*1,4H,3H2. The lowest BCUT2D eigenvalue weighted by Gasteiger charge is -2.19. The maximum absolute atomic E-state index is 12.5. The molecule has 1 aromatic rings. The van der Waals surface area contributed by atoms with E-state index in [9.17, 15) is 9.59 Å². The number of rotatable bonds is 8. The number of ether oxygens (including phenoxy) is 3. The van der Waals surface area contributed by atoms with E-state index in [2.05, 4.69) is 17.7 Å². The molecule has 1 fully saturated rings. The molecular formula is C21H33N3O7. The number of hydrogen-bond donors (Lipinski definition) is 2. The molecule has 174 valence electrons. The SMILES string of the molecule is C#CCO.C#CCO.COCCOCn1c(=O)ccn(C2CCC(CN(C)C)O2)c1=O. The van der Waals surface area contributed by atoms with Gasteiger partial charge in [-0.3, -0.25) is 9.36 Å². The maximum atomic E-state index is 12.5. The van der Waals surface area contributed by atoms with Crippen molar-refractivity contribution in [2.75, 3.05) is 54.2 Å². The molecule has 0 aromatic carbocycles. The number of terminal acetylenes is 2. The zero-order valence-electron chi connectivity index (χ0n) is 18.4. The molecule has 0 amide bonds. The summed E-state index contributed by atoms with van der Waals surface area (Å²) >= 11 is 0. The van der Waals surface area contributed by atoms with Gasteiger partial charge in [-0.05, 0) is 26.9 Å². The van der Waals surface area contributed by atoms with Gasteiger partial charge in [0.1, 0.15) is 26.2 Å². The van der Waals surface area contributed by atoms with Gasteiger partial charge in [0, 0.05) is 25.9 Å². The zero-order valence-corrected chi connectivity index (χ0v) is 18.4. The summed E-state index contributed by atoms with van der Waals surface area (Å²) in [5.41, 5.74) is -0.795. The predicted octanol–water partition coefficient (Wildman–Crippen LogP) is -0.906. The Hall–Kier alpha value is -2.44. The van der Waals surface area contributed by atoms with Gasteiger partial charge in [0.15, 0.2) is 0 Å². The number of nitrogens with zero attached hydrogens (tertiary/aromatic N) is 3. The van der Waals surface area contributed by atoms with Crippen LogP contribution >= 0.6 is 0 Å². The van der Waals surface area contributed by atoms with E-state index in [1.54, 1.807) is 7.11 Å². The molecule has 0 bridgehead atoms. The Morgan fingerprint density at radius 1 is 1.19 bits per heavy atom. The average molecular weight is 440 g/mol. The lowest BCUT2D eigenvalue weighted by Crippen LogP contribution is -2.41. The summed E-state index contributed by atoms with van der Waals surface area (Å²) in [7, 11) is 5.54. The third-order valence-corrected chi connectivity index (χ3v) is 3.89. The summed E-state index contributed by atoms with van der Waals surface area (Å²) < 4.78 is 18.6. The molecule has 2 atom stereocenters. The van der Waals surface area contributed by atoms with Crippen LogP contribution in [0.1, 0.15) is 19.1 Å². The van der Waals surface area contributed by atoms with E-state index >= 15 is 0 Å². The molecule has 0 aliphatic carbocycles. The van der Waals surface area contributed by atoms with E-state index < -0.39 is 5.69 Å². The minimum Gasteiger partial charge on any atom is -0.384 e. The summed E-state index contributed by atoms with van der Waals surface area (Å²) in [5, 5.41) is 15.3. The van der Waals surface area contributed by atoms with Gasteiger partial charge in [-0.25, -0.2) is 9.36 Å². The fourth-order valence-corrected chi connectivity index (χ4v) is 2.60. The second kappa shape index (κ2) is 17.3. The van der Waals surface area contributed by atoms with Gasteiger partial charge in [0.2, 0.25) is 0 Å². The summed E-state index contributed by atoms with van der Waals surface area (Å²) in [6.07, 6.45) is 12.0. The van der Waals surface area contributed by atoms with Crippen LogP contribution in [0, 0.1) is 24.7 Å². The normalized spacial score (nSPS) is 17.0. The van der Waals surface area contributed by atoms with Crippen LogP contribution in [0.25, 0.3) is 0 Å². The van der Waals surface area contributed by atoms with Gasteiger partial charge in [-0.1, -0.05) is 11.8 Å². The molecule has 1 aliphatic heterocycles. The van der Waals surface area contributed by atoms with Crippen molar-refractivity contribution in [1.29, 1.82) is 0 Å². The molecule has 0 radical (unpaired) electrons. The van der Waals surface area contributed by atoms with Gasteiger partial charge < -0.3 is 29.3 Å². The van der Waals surface area contributed by atoms with Crippen LogP contribution in [0.3, 0.4) is 0 Å². The fourth-order valence-electron chi connectivity index (χ4n) is 2.60. The number of hydrogen-bond acceptors (Lipinski definition) is 8. The number of aromatic nitrogens is 2. The van der Waals surface area contributed by atoms with Crippen molar-refractivity contribution in [2.45, 2.75) is 31.9 Å². The van der Waals surface area contributed by atoms with E-state index in [1.807, 2.05) is 25.9 Å². The Bertz CT molecular complexity index is 791. The topological polar surface area (TPSA) is 115 Å². The van der Waals surface area contributed by atoms with Crippen LogP contribution < -0.4 is 11.2 Å². The highest BCUT2D eigenvalue weighted by atomic mass is 16.5. The summed E-state index contributed by atoms with van der Waals surface area (Å²) in [4.78, 5) is 26.4. The van der Waals surface area contributed by atoms with Crippen molar-refractivity contribution < 1.29 is 24.4 Å². The molecule has 31 heavy (non-hydrogen) atoms. The van der Waals surface area contributed by atoms with E-state index in [1.165, 1.54) is 16.8 Å². The first-order chi connectivity index (χ1) is 14.9. The van der Waals surface area contributed by atoms with Gasteiger partial charge >= 0.3 is 5.69 Å². The third kappa shape index (κ3) is 11.5. The van der Waals surface area contributed by atoms with Crippen LogP contribution in [0.15, 0.2) is 21.9 Å². The van der Waals surface area contributed by atoms with Crippen LogP contribution in [-0.2, 0) is 20.9 Å². The molecule has 2 rings (SSSR count). The van der Waals surface area contributed by atoms with Crippen molar-refractivity contribution in [2.24, 2.45) is 0 Å². The molecule has 0 saturated carbocycles. The van der Waals surface area contributed by atoms with E-state index in [4.69, 9.17) is 24.4 Å². The molecule has 1 saturated heterocycles. The van der Waals surface area contributed by atoms with Crippen molar-refractivity contribution in [3.05, 3.63) is 33.1 Å². The Morgan fingerprint density at radius 2 is 1.81 bits per heavy atom. The lowest BCUT2D eigenvalue weighted by molar-refractivity contribution is -0.0138. The van der Waals surface area contributed by atoms with Crippen molar-refractivity contribution in [1.82, 2.24) is 14.0 Å². The zero-order chi connectivity index (χ0) is 23.6. The summed E-state index contributed by atoms with van der Waals surface area (Å²) in [6.45, 7) is 1.15. The Kier molecular flexibility index (Phi) is 15.9. The minimum atomic E-state index is -0.412. The lowest BCUT2D eigenvalue weighted by atomic mass is 10.2. The van der Waals surface area contributed by atoms with Gasteiger partial charge in [-0.2, -0.15) is 0 Å². The highest BCUT2D eigenvalue weighted by molar-refractivity contribution is 4.89. The van der Waals surface area contributed by atoms with Gasteiger partial charge in [0.05, 0.1) is 19.3 Å². The van der Waals surface area contributed by atoms with Crippen molar-refractivity contribution in [3.63, 3.8) is 0 Å². The Morgan fingerprint density at radius 3 is 2.32 bits per heavy atom. The molecule has 1 aliphatic rings. The van der Waals surface area contributed by atoms with Crippen LogP contribution in [-0.4, -0.2) is 84.5 Å². The molecule has 2 unspecified atom stereocenters. The first kappa shape index (κ1) is 28.6. The summed E-state index contributed by atoms with van der Waals surface area (Å²) in [6, 6.07) is 1.36. The molecule has 10 nitrogen and oxygen atoms in total. The highest BCUT2D eigenvalue weighted by Gasteiger charge is 2.28. The van der Waals surface area contributed by atoms with Crippen LogP contribution in [0.2, 0.25) is 0 Å². The maximum Gasteiger partial charge on any atom is 0.335 e. The minimum absolute atomic E-state index is 0.0876. The largest absolute Gasteiger partial charge is 0.384 e. The number of methoxy groups -OCH3 is 1. The van der Waals surface area contributed by atoms with Crippen LogP contribution in [0.5, 0.6) is 0 Å². The van der Waals surface area contributed by atoms with E-state index in [-0.39, 0.29) is 37.8 Å². The smallest absolute Gasteiger partial charge is 0.335 e. The van der Waals surface area contributed by atoms with E-state index in [0.29, 0.717) is 13.2 Å². The number of aliphatic hydroxyl groups is 2. The first-order valence-electron chi connectivity index (χ1n) is 9.63. The van der Waals surface area contributed by atoms with Gasteiger partial charge in [0.25, 0.3) is 5.56 Å². The van der Waals surface area contributed by atoms with Gasteiger partial charge in [-0.15, -0.1) is 12.8 Å². The Balaban J connectivity index is 0.000000967. The second-order valence-corrected chi connectivity index (χ2v) is 6.58. The second-order valence-electron chi connectivity index (χ2n) is 6.58. The predicted molar refractivity (Wildman–Crippen MR) is 116 cm³/mol. The third-order valence-electron chi connectivity index (χ3n) is 3.89. The molecular weight excluding hydrogens is 406 g/mol. The average Bonchev–Trinajstić information content (AvgIpc) is 3.20. The highest BCUT2D eigenvalue weighted by Crippen LogP contribution is 2.26. The monoisotopic (exact) mass is 439 g/mol. The summed E-state index contributed by atoms with van der Waals surface area (Å²) in [5.74, 6) is 3.97. The molecule has 0 spiro atoms.